The van der Waals surface area contributed by atoms with Crippen LogP contribution in [-0.2, 0) is 0 Å². The van der Waals surface area contributed by atoms with E-state index in [1.807, 2.05) is 7.05 Å². The number of halogens is 1. The zero-order chi connectivity index (χ0) is 15.5. The van der Waals surface area contributed by atoms with E-state index in [4.69, 9.17) is 0 Å². The van der Waals surface area contributed by atoms with Gasteiger partial charge in [-0.3, -0.25) is 4.99 Å². The highest BCUT2D eigenvalue weighted by molar-refractivity contribution is 14.0. The molecule has 132 valence electrons. The van der Waals surface area contributed by atoms with Crippen molar-refractivity contribution in [2.75, 3.05) is 67.0 Å². The molecular weight excluding hydrogens is 389 g/mol. The second-order valence-electron chi connectivity index (χ2n) is 6.10. The summed E-state index contributed by atoms with van der Waals surface area (Å²) in [5.74, 6) is 1.03. The number of piperazine rings is 1. The van der Waals surface area contributed by atoms with Gasteiger partial charge in [-0.15, -0.1) is 24.0 Å². The minimum atomic E-state index is 0. The van der Waals surface area contributed by atoms with Gasteiger partial charge in [-0.05, 0) is 32.9 Å². The Kier molecular flexibility index (Phi) is 13.3. The van der Waals surface area contributed by atoms with Crippen molar-refractivity contribution in [3.63, 3.8) is 0 Å². The molecule has 5 nitrogen and oxygen atoms in total. The SMILES string of the molecule is CCCCN(C)C(=NC)NCCCCN1CCN(C)CC1.I. The summed E-state index contributed by atoms with van der Waals surface area (Å²) in [6.45, 7) is 10.5. The van der Waals surface area contributed by atoms with Crippen molar-refractivity contribution >= 4 is 29.9 Å². The molecule has 1 heterocycles. The summed E-state index contributed by atoms with van der Waals surface area (Å²) < 4.78 is 0. The van der Waals surface area contributed by atoms with Crippen LogP contribution in [0.25, 0.3) is 0 Å². The molecule has 1 rings (SSSR count). The van der Waals surface area contributed by atoms with Crippen molar-refractivity contribution < 1.29 is 0 Å². The lowest BCUT2D eigenvalue weighted by molar-refractivity contribution is 0.152. The third-order valence-corrected chi connectivity index (χ3v) is 4.20. The molecule has 0 atom stereocenters. The summed E-state index contributed by atoms with van der Waals surface area (Å²) in [5.41, 5.74) is 0. The molecule has 0 aromatic rings. The van der Waals surface area contributed by atoms with Gasteiger partial charge in [-0.2, -0.15) is 0 Å². The van der Waals surface area contributed by atoms with Gasteiger partial charge in [0.05, 0.1) is 0 Å². The molecule has 0 aliphatic carbocycles. The van der Waals surface area contributed by atoms with E-state index in [2.05, 4.69) is 46.0 Å². The zero-order valence-corrected chi connectivity index (χ0v) is 17.3. The van der Waals surface area contributed by atoms with Crippen LogP contribution in [0.4, 0.5) is 0 Å². The van der Waals surface area contributed by atoms with E-state index >= 15 is 0 Å². The summed E-state index contributed by atoms with van der Waals surface area (Å²) in [5, 5.41) is 3.47. The van der Waals surface area contributed by atoms with Gasteiger partial charge in [-0.25, -0.2) is 0 Å². The van der Waals surface area contributed by atoms with E-state index < -0.39 is 0 Å². The summed E-state index contributed by atoms with van der Waals surface area (Å²) in [4.78, 5) is 11.6. The normalized spacial score (nSPS) is 17.2. The third-order valence-electron chi connectivity index (χ3n) is 4.20. The van der Waals surface area contributed by atoms with E-state index in [0.717, 1.165) is 19.0 Å². The highest BCUT2D eigenvalue weighted by atomic mass is 127. The number of nitrogens with zero attached hydrogens (tertiary/aromatic N) is 4. The summed E-state index contributed by atoms with van der Waals surface area (Å²) >= 11 is 0. The molecule has 0 saturated carbocycles. The number of nitrogens with one attached hydrogen (secondary N) is 1. The van der Waals surface area contributed by atoms with Crippen LogP contribution in [0.3, 0.4) is 0 Å². The topological polar surface area (TPSA) is 34.1 Å². The summed E-state index contributed by atoms with van der Waals surface area (Å²) in [7, 11) is 6.20. The Balaban J connectivity index is 0.00000441. The first-order valence-corrected chi connectivity index (χ1v) is 8.50. The van der Waals surface area contributed by atoms with E-state index in [1.165, 1.54) is 58.4 Å². The van der Waals surface area contributed by atoms with Crippen molar-refractivity contribution in [2.45, 2.75) is 32.6 Å². The molecule has 0 aromatic carbocycles. The van der Waals surface area contributed by atoms with Crippen LogP contribution in [0, 0.1) is 0 Å². The number of unbranched alkanes of at least 4 members (excludes halogenated alkanes) is 2. The lowest BCUT2D eigenvalue weighted by Crippen LogP contribution is -2.44. The van der Waals surface area contributed by atoms with Crippen LogP contribution < -0.4 is 5.32 Å². The highest BCUT2D eigenvalue weighted by Gasteiger charge is 2.12. The summed E-state index contributed by atoms with van der Waals surface area (Å²) in [6, 6.07) is 0. The Morgan fingerprint density at radius 1 is 1.14 bits per heavy atom. The predicted octanol–water partition coefficient (Wildman–Crippen LogP) is 1.94. The number of hydrogen-bond donors (Lipinski definition) is 1. The highest BCUT2D eigenvalue weighted by Crippen LogP contribution is 2.01. The molecule has 0 aromatic heterocycles. The quantitative estimate of drug-likeness (QED) is 0.279. The van der Waals surface area contributed by atoms with E-state index in [-0.39, 0.29) is 24.0 Å². The molecule has 1 aliphatic rings. The van der Waals surface area contributed by atoms with Gasteiger partial charge in [0.1, 0.15) is 0 Å². The van der Waals surface area contributed by atoms with Gasteiger partial charge in [0.2, 0.25) is 0 Å². The van der Waals surface area contributed by atoms with Gasteiger partial charge in [0, 0.05) is 53.4 Å². The summed E-state index contributed by atoms with van der Waals surface area (Å²) in [6.07, 6.45) is 4.94. The number of likely N-dealkylation sites (N-methyl/N-ethyl adjacent to an activating group) is 1. The Morgan fingerprint density at radius 2 is 1.82 bits per heavy atom. The molecule has 0 bridgehead atoms. The first-order valence-electron chi connectivity index (χ1n) is 8.50. The van der Waals surface area contributed by atoms with Gasteiger partial charge in [0.25, 0.3) is 0 Å². The Labute approximate surface area is 154 Å². The maximum Gasteiger partial charge on any atom is 0.193 e. The molecule has 1 fully saturated rings. The van der Waals surface area contributed by atoms with Gasteiger partial charge >= 0.3 is 0 Å². The molecule has 0 unspecified atom stereocenters. The van der Waals surface area contributed by atoms with Crippen molar-refractivity contribution in [1.29, 1.82) is 0 Å². The third kappa shape index (κ3) is 9.15. The largest absolute Gasteiger partial charge is 0.356 e. The zero-order valence-electron chi connectivity index (χ0n) is 15.0. The fraction of sp³-hybridized carbons (Fsp3) is 0.938. The number of aliphatic imine (C=N–C) groups is 1. The Morgan fingerprint density at radius 3 is 2.41 bits per heavy atom. The van der Waals surface area contributed by atoms with Crippen LogP contribution in [-0.4, -0.2) is 87.6 Å². The van der Waals surface area contributed by atoms with Gasteiger partial charge < -0.3 is 20.0 Å². The van der Waals surface area contributed by atoms with E-state index in [9.17, 15) is 0 Å². The molecule has 22 heavy (non-hydrogen) atoms. The molecule has 1 N–H and O–H groups in total. The lowest BCUT2D eigenvalue weighted by Gasteiger charge is -2.32. The average Bonchev–Trinajstić information content (AvgIpc) is 2.50. The average molecular weight is 425 g/mol. The van der Waals surface area contributed by atoms with Crippen LogP contribution in [0.15, 0.2) is 4.99 Å². The lowest BCUT2D eigenvalue weighted by atomic mass is 10.2. The van der Waals surface area contributed by atoms with Crippen molar-refractivity contribution in [1.82, 2.24) is 20.0 Å². The predicted molar refractivity (Wildman–Crippen MR) is 107 cm³/mol. The second kappa shape index (κ2) is 13.4. The molecule has 1 aliphatic heterocycles. The van der Waals surface area contributed by atoms with Crippen molar-refractivity contribution in [2.24, 2.45) is 4.99 Å². The molecular formula is C16H36IN5. The minimum Gasteiger partial charge on any atom is -0.356 e. The fourth-order valence-corrected chi connectivity index (χ4v) is 2.62. The van der Waals surface area contributed by atoms with Crippen LogP contribution in [0.2, 0.25) is 0 Å². The minimum absolute atomic E-state index is 0. The van der Waals surface area contributed by atoms with Crippen molar-refractivity contribution in [3.8, 4) is 0 Å². The second-order valence-corrected chi connectivity index (χ2v) is 6.10. The fourth-order valence-electron chi connectivity index (χ4n) is 2.62. The number of guanidine groups is 1. The van der Waals surface area contributed by atoms with Crippen LogP contribution in [0.1, 0.15) is 32.6 Å². The molecule has 1 saturated heterocycles. The first-order chi connectivity index (χ1) is 10.2. The monoisotopic (exact) mass is 425 g/mol. The molecule has 0 amide bonds. The molecule has 0 spiro atoms. The maximum absolute atomic E-state index is 4.35. The molecule has 6 heteroatoms. The Bertz CT molecular complexity index is 290. The first kappa shape index (κ1) is 21.9. The Hall–Kier alpha value is -0.0800. The van der Waals surface area contributed by atoms with E-state index in [0.29, 0.717) is 0 Å². The molecule has 0 radical (unpaired) electrons. The van der Waals surface area contributed by atoms with Gasteiger partial charge in [-0.1, -0.05) is 13.3 Å². The van der Waals surface area contributed by atoms with Gasteiger partial charge in [0.15, 0.2) is 5.96 Å². The van der Waals surface area contributed by atoms with Crippen LogP contribution in [0.5, 0.6) is 0 Å². The number of rotatable bonds is 8. The maximum atomic E-state index is 4.35. The number of hydrogen-bond acceptors (Lipinski definition) is 3. The van der Waals surface area contributed by atoms with Crippen LogP contribution >= 0.6 is 24.0 Å². The smallest absolute Gasteiger partial charge is 0.193 e. The van der Waals surface area contributed by atoms with Crippen molar-refractivity contribution in [3.05, 3.63) is 0 Å². The standard InChI is InChI=1S/C16H35N5.HI/c1-5-6-10-20(4)16(17-2)18-9-7-8-11-21-14-12-19(3)13-15-21;/h5-15H2,1-4H3,(H,17,18);1H. The van der Waals surface area contributed by atoms with E-state index in [1.54, 1.807) is 0 Å².